The van der Waals surface area contributed by atoms with Gasteiger partial charge in [0.2, 0.25) is 0 Å². The molecule has 1 aromatic carbocycles. The first-order valence-corrected chi connectivity index (χ1v) is 7.41. The minimum Gasteiger partial charge on any atom is -0.397 e. The van der Waals surface area contributed by atoms with Crippen molar-refractivity contribution in [1.29, 1.82) is 0 Å². The minimum atomic E-state index is 0.0146. The molecular weight excluding hydrogens is 314 g/mol. The summed E-state index contributed by atoms with van der Waals surface area (Å²) >= 11 is 3.52. The van der Waals surface area contributed by atoms with Crippen LogP contribution < -0.4 is 11.1 Å². The fourth-order valence-electron chi connectivity index (χ4n) is 1.99. The summed E-state index contributed by atoms with van der Waals surface area (Å²) in [6, 6.07) is 12.2. The number of nitrogen functional groups attached to an aromatic ring is 1. The number of rotatable bonds is 4. The molecule has 0 saturated carbocycles. The molecule has 0 bridgehead atoms. The van der Waals surface area contributed by atoms with Crippen LogP contribution >= 0.6 is 15.9 Å². The van der Waals surface area contributed by atoms with E-state index < -0.39 is 0 Å². The first-order chi connectivity index (χ1) is 9.38. The molecule has 0 saturated heterocycles. The van der Waals surface area contributed by atoms with E-state index in [0.717, 1.165) is 28.2 Å². The molecule has 0 atom stereocenters. The van der Waals surface area contributed by atoms with Crippen molar-refractivity contribution in [2.45, 2.75) is 26.2 Å². The zero-order valence-corrected chi connectivity index (χ0v) is 13.7. The number of aromatic nitrogens is 1. The van der Waals surface area contributed by atoms with Crippen LogP contribution in [0.3, 0.4) is 0 Å². The van der Waals surface area contributed by atoms with Gasteiger partial charge in [0.15, 0.2) is 0 Å². The van der Waals surface area contributed by atoms with Crippen molar-refractivity contribution < 1.29 is 0 Å². The maximum Gasteiger partial charge on any atom is 0.126 e. The number of nitrogens with one attached hydrogen (secondary N) is 1. The normalized spacial score (nSPS) is 11.4. The number of halogens is 1. The molecule has 1 aromatic heterocycles. The Bertz CT molecular complexity index is 608. The van der Waals surface area contributed by atoms with Gasteiger partial charge in [-0.3, -0.25) is 0 Å². The van der Waals surface area contributed by atoms with E-state index in [1.807, 2.05) is 25.1 Å². The van der Waals surface area contributed by atoms with E-state index in [2.05, 4.69) is 58.3 Å². The maximum absolute atomic E-state index is 5.78. The molecule has 0 spiro atoms. The third-order valence-electron chi connectivity index (χ3n) is 3.44. The number of anilines is 2. The topological polar surface area (TPSA) is 50.9 Å². The van der Waals surface area contributed by atoms with Gasteiger partial charge in [-0.05, 0) is 36.8 Å². The zero-order chi connectivity index (χ0) is 14.8. The van der Waals surface area contributed by atoms with E-state index in [1.165, 1.54) is 5.56 Å². The Morgan fingerprint density at radius 2 is 2.00 bits per heavy atom. The van der Waals surface area contributed by atoms with Gasteiger partial charge < -0.3 is 11.1 Å². The van der Waals surface area contributed by atoms with Crippen LogP contribution in [-0.2, 0) is 5.41 Å². The molecular formula is C16H20BrN3. The third kappa shape index (κ3) is 3.51. The molecule has 3 nitrogen and oxygen atoms in total. The third-order valence-corrected chi connectivity index (χ3v) is 3.94. The lowest BCUT2D eigenvalue weighted by molar-refractivity contribution is 0.556. The smallest absolute Gasteiger partial charge is 0.126 e. The van der Waals surface area contributed by atoms with Gasteiger partial charge in [0.25, 0.3) is 0 Å². The largest absolute Gasteiger partial charge is 0.397 e. The average molecular weight is 334 g/mol. The lowest BCUT2D eigenvalue weighted by Gasteiger charge is -2.26. The standard InChI is InChI=1S/C16H20BrN3/c1-11-14(18)7-8-15(20-11)19-10-16(2,3)12-5-4-6-13(17)9-12/h4-9H,10,18H2,1-3H3,(H,19,20). The highest BCUT2D eigenvalue weighted by molar-refractivity contribution is 9.10. The van der Waals surface area contributed by atoms with Crippen LogP contribution in [0.4, 0.5) is 11.5 Å². The molecule has 0 fully saturated rings. The molecule has 0 amide bonds. The van der Waals surface area contributed by atoms with E-state index in [9.17, 15) is 0 Å². The zero-order valence-electron chi connectivity index (χ0n) is 12.1. The van der Waals surface area contributed by atoms with Crippen molar-refractivity contribution in [1.82, 2.24) is 4.98 Å². The number of benzene rings is 1. The predicted molar refractivity (Wildman–Crippen MR) is 89.0 cm³/mol. The highest BCUT2D eigenvalue weighted by Gasteiger charge is 2.20. The molecule has 0 radical (unpaired) electrons. The molecule has 4 heteroatoms. The summed E-state index contributed by atoms with van der Waals surface area (Å²) in [4.78, 5) is 4.44. The Morgan fingerprint density at radius 3 is 2.65 bits per heavy atom. The van der Waals surface area contributed by atoms with E-state index in [4.69, 9.17) is 5.73 Å². The van der Waals surface area contributed by atoms with Crippen LogP contribution in [0.5, 0.6) is 0 Å². The van der Waals surface area contributed by atoms with Gasteiger partial charge in [-0.25, -0.2) is 4.98 Å². The highest BCUT2D eigenvalue weighted by atomic mass is 79.9. The van der Waals surface area contributed by atoms with Crippen molar-refractivity contribution in [2.24, 2.45) is 0 Å². The van der Waals surface area contributed by atoms with Crippen molar-refractivity contribution >= 4 is 27.4 Å². The molecule has 3 N–H and O–H groups in total. The Kier molecular flexibility index (Phi) is 4.33. The molecule has 1 heterocycles. The van der Waals surface area contributed by atoms with Gasteiger partial charge in [-0.2, -0.15) is 0 Å². The van der Waals surface area contributed by atoms with E-state index in [-0.39, 0.29) is 5.41 Å². The molecule has 106 valence electrons. The van der Waals surface area contributed by atoms with Gasteiger partial charge in [0.1, 0.15) is 5.82 Å². The second-order valence-corrected chi connectivity index (χ2v) is 6.53. The summed E-state index contributed by atoms with van der Waals surface area (Å²) in [7, 11) is 0. The summed E-state index contributed by atoms with van der Waals surface area (Å²) in [6.07, 6.45) is 0. The molecule has 20 heavy (non-hydrogen) atoms. The van der Waals surface area contributed by atoms with Crippen LogP contribution in [0.2, 0.25) is 0 Å². The molecule has 0 unspecified atom stereocenters. The quantitative estimate of drug-likeness (QED) is 0.884. The summed E-state index contributed by atoms with van der Waals surface area (Å²) in [5, 5.41) is 3.39. The minimum absolute atomic E-state index is 0.0146. The predicted octanol–water partition coefficient (Wildman–Crippen LogP) is 4.12. The van der Waals surface area contributed by atoms with Gasteiger partial charge in [-0.1, -0.05) is 41.9 Å². The molecule has 0 aliphatic heterocycles. The molecule has 0 aliphatic rings. The van der Waals surface area contributed by atoms with Crippen molar-refractivity contribution in [3.63, 3.8) is 0 Å². The summed E-state index contributed by atoms with van der Waals surface area (Å²) < 4.78 is 1.10. The van der Waals surface area contributed by atoms with Crippen LogP contribution in [0.1, 0.15) is 25.1 Å². The van der Waals surface area contributed by atoms with Crippen LogP contribution in [0, 0.1) is 6.92 Å². The summed E-state index contributed by atoms with van der Waals surface area (Å²) in [5.41, 5.74) is 8.66. The number of aryl methyl sites for hydroxylation is 1. The number of nitrogens with zero attached hydrogens (tertiary/aromatic N) is 1. The lowest BCUT2D eigenvalue weighted by atomic mass is 9.84. The van der Waals surface area contributed by atoms with E-state index in [0.29, 0.717) is 0 Å². The van der Waals surface area contributed by atoms with Gasteiger partial charge in [-0.15, -0.1) is 0 Å². The van der Waals surface area contributed by atoms with Crippen LogP contribution in [-0.4, -0.2) is 11.5 Å². The lowest BCUT2D eigenvalue weighted by Crippen LogP contribution is -2.28. The van der Waals surface area contributed by atoms with E-state index in [1.54, 1.807) is 0 Å². The Hall–Kier alpha value is -1.55. The number of pyridine rings is 1. The van der Waals surface area contributed by atoms with Crippen molar-refractivity contribution in [3.8, 4) is 0 Å². The second kappa shape index (κ2) is 5.83. The molecule has 2 aromatic rings. The number of hydrogen-bond donors (Lipinski definition) is 2. The SMILES string of the molecule is Cc1nc(NCC(C)(C)c2cccc(Br)c2)ccc1N. The average Bonchev–Trinajstić information content (AvgIpc) is 2.40. The maximum atomic E-state index is 5.78. The fourth-order valence-corrected chi connectivity index (χ4v) is 2.39. The first kappa shape index (κ1) is 14.9. The monoisotopic (exact) mass is 333 g/mol. The van der Waals surface area contributed by atoms with Crippen LogP contribution in [0.15, 0.2) is 40.9 Å². The van der Waals surface area contributed by atoms with Crippen molar-refractivity contribution in [3.05, 3.63) is 52.1 Å². The summed E-state index contributed by atoms with van der Waals surface area (Å²) in [6.45, 7) is 7.15. The number of nitrogens with two attached hydrogens (primary N) is 1. The molecule has 2 rings (SSSR count). The fraction of sp³-hybridized carbons (Fsp3) is 0.312. The van der Waals surface area contributed by atoms with E-state index >= 15 is 0 Å². The van der Waals surface area contributed by atoms with Crippen molar-refractivity contribution in [2.75, 3.05) is 17.6 Å². The Balaban J connectivity index is 2.10. The highest BCUT2D eigenvalue weighted by Crippen LogP contribution is 2.26. The van der Waals surface area contributed by atoms with Gasteiger partial charge >= 0.3 is 0 Å². The summed E-state index contributed by atoms with van der Waals surface area (Å²) in [5.74, 6) is 0.861. The Morgan fingerprint density at radius 1 is 1.25 bits per heavy atom. The van der Waals surface area contributed by atoms with Gasteiger partial charge in [0, 0.05) is 16.4 Å². The Labute approximate surface area is 128 Å². The van der Waals surface area contributed by atoms with Gasteiger partial charge in [0.05, 0.1) is 11.4 Å². The first-order valence-electron chi connectivity index (χ1n) is 6.61. The van der Waals surface area contributed by atoms with Crippen LogP contribution in [0.25, 0.3) is 0 Å². The number of hydrogen-bond acceptors (Lipinski definition) is 3. The molecule has 0 aliphatic carbocycles. The second-order valence-electron chi connectivity index (χ2n) is 5.62.